The maximum Gasteiger partial charge on any atom is 0.313 e. The van der Waals surface area contributed by atoms with Gasteiger partial charge in [0.2, 0.25) is 11.8 Å². The van der Waals surface area contributed by atoms with E-state index in [2.05, 4.69) is 18.5 Å². The van der Waals surface area contributed by atoms with Gasteiger partial charge in [-0.2, -0.15) is 0 Å². The molecular formula is C45H53N3O8. The number of amides is 3. The van der Waals surface area contributed by atoms with Crippen LogP contribution < -0.4 is 10.2 Å². The maximum absolute atomic E-state index is 15.3. The number of anilines is 1. The molecule has 3 saturated heterocycles. The lowest BCUT2D eigenvalue weighted by Gasteiger charge is -2.40. The van der Waals surface area contributed by atoms with Gasteiger partial charge in [-0.25, -0.2) is 0 Å². The van der Waals surface area contributed by atoms with Crippen molar-refractivity contribution < 1.29 is 38.5 Å². The second-order valence-corrected chi connectivity index (χ2v) is 15.0. The van der Waals surface area contributed by atoms with E-state index in [9.17, 15) is 14.7 Å². The monoisotopic (exact) mass is 763 g/mol. The van der Waals surface area contributed by atoms with E-state index in [1.807, 2.05) is 92.7 Å². The molecule has 0 radical (unpaired) electrons. The first-order valence-electron chi connectivity index (χ1n) is 19.4. The van der Waals surface area contributed by atoms with Crippen molar-refractivity contribution in [3.8, 4) is 0 Å². The van der Waals surface area contributed by atoms with Crippen LogP contribution in [0.1, 0.15) is 54.0 Å². The van der Waals surface area contributed by atoms with Crippen molar-refractivity contribution in [1.29, 1.82) is 0 Å². The summed E-state index contributed by atoms with van der Waals surface area (Å²) in [6.07, 6.45) is 3.37. The standard InChI is InChI=1S/C45H53N3O8/c1-6-8-22-36(50)46-34(28-54-5)40(32-20-13-10-14-21-32)55-44(53)37-35-23-24-45(56-35)38(37)42(51)48(33(27-49)26-31-18-11-9-12-19-31)41(45)43(52)47(25-7-2)39-29(3)16-15-17-30(39)4/h6-7,9-21,33-35,37-38,40-41,49H,1-2,8,22-28H2,3-5H3,(H,46,50)/t33-,34-,35-,37+,38+,40-,41-,45+/m1/s1. The third-order valence-electron chi connectivity index (χ3n) is 11.5. The number of hydrogen-bond acceptors (Lipinski definition) is 8. The highest BCUT2D eigenvalue weighted by Crippen LogP contribution is 2.59. The minimum absolute atomic E-state index is 0.0447. The molecule has 56 heavy (non-hydrogen) atoms. The van der Waals surface area contributed by atoms with Crippen LogP contribution >= 0.6 is 0 Å². The number of aryl methyl sites for hydroxylation is 2. The number of nitrogens with one attached hydrogen (secondary N) is 1. The van der Waals surface area contributed by atoms with Crippen molar-refractivity contribution in [2.24, 2.45) is 11.8 Å². The molecule has 2 N–H and O–H groups in total. The summed E-state index contributed by atoms with van der Waals surface area (Å²) in [5.74, 6) is -3.84. The predicted molar refractivity (Wildman–Crippen MR) is 212 cm³/mol. The topological polar surface area (TPSA) is 135 Å². The molecule has 8 atom stereocenters. The molecule has 0 aromatic heterocycles. The number of aliphatic hydroxyl groups is 1. The number of ether oxygens (including phenoxy) is 3. The van der Waals surface area contributed by atoms with Crippen LogP contribution in [-0.4, -0.2) is 90.4 Å². The van der Waals surface area contributed by atoms with Gasteiger partial charge in [-0.1, -0.05) is 91.0 Å². The SMILES string of the molecule is C=CCCC(=O)N[C@H](COC)[C@H](OC(=O)[C@@H]1[C@H]2C(=O)N([C@@H](CO)Cc3ccccc3)[C@H](C(=O)N(CC=C)c3c(C)cccc3C)[C@]23CC[C@H]1O3)c1ccccc1. The number of allylic oxidation sites excluding steroid dienone is 1. The number of likely N-dealkylation sites (tertiary alicyclic amines) is 1. The molecule has 2 bridgehead atoms. The smallest absolute Gasteiger partial charge is 0.313 e. The van der Waals surface area contributed by atoms with Crippen LogP contribution in [0.3, 0.4) is 0 Å². The summed E-state index contributed by atoms with van der Waals surface area (Å²) in [6.45, 7) is 11.3. The van der Waals surface area contributed by atoms with E-state index >= 15 is 9.59 Å². The van der Waals surface area contributed by atoms with E-state index in [1.165, 1.54) is 12.0 Å². The maximum atomic E-state index is 15.3. The number of benzene rings is 3. The van der Waals surface area contributed by atoms with Crippen molar-refractivity contribution in [1.82, 2.24) is 10.2 Å². The number of esters is 1. The molecule has 3 amide bonds. The van der Waals surface area contributed by atoms with Crippen molar-refractivity contribution >= 4 is 29.4 Å². The normalized spacial score (nSPS) is 23.9. The number of carbonyl (C=O) groups excluding carboxylic acids is 4. The summed E-state index contributed by atoms with van der Waals surface area (Å²) in [4.78, 5) is 61.3. The Hall–Kier alpha value is -5.10. The van der Waals surface area contributed by atoms with Crippen LogP contribution in [0.15, 0.2) is 104 Å². The number of para-hydroxylation sites is 1. The average molecular weight is 764 g/mol. The van der Waals surface area contributed by atoms with Gasteiger partial charge in [0.05, 0.1) is 43.2 Å². The Bertz CT molecular complexity index is 1880. The van der Waals surface area contributed by atoms with Crippen LogP contribution in [0.25, 0.3) is 0 Å². The number of aliphatic hydroxyl groups excluding tert-OH is 1. The highest BCUT2D eigenvalue weighted by atomic mass is 16.6. The lowest BCUT2D eigenvalue weighted by atomic mass is 9.70. The van der Waals surface area contributed by atoms with Crippen LogP contribution in [0, 0.1) is 25.7 Å². The summed E-state index contributed by atoms with van der Waals surface area (Å²) in [6, 6.07) is 21.7. The lowest BCUT2D eigenvalue weighted by Crippen LogP contribution is -2.59. The van der Waals surface area contributed by atoms with Gasteiger partial charge < -0.3 is 34.4 Å². The molecule has 6 rings (SSSR count). The summed E-state index contributed by atoms with van der Waals surface area (Å²) in [7, 11) is 1.50. The minimum atomic E-state index is -1.37. The second-order valence-electron chi connectivity index (χ2n) is 15.0. The Morgan fingerprint density at radius 3 is 2.32 bits per heavy atom. The van der Waals surface area contributed by atoms with Gasteiger partial charge in [0, 0.05) is 25.8 Å². The van der Waals surface area contributed by atoms with E-state index in [0.29, 0.717) is 30.5 Å². The van der Waals surface area contributed by atoms with Gasteiger partial charge in [0.15, 0.2) is 0 Å². The highest BCUT2D eigenvalue weighted by molar-refractivity contribution is 6.05. The number of fused-ring (bicyclic) bond motifs is 1. The molecule has 3 aliphatic heterocycles. The number of nitrogens with zero attached hydrogens (tertiary/aromatic N) is 2. The Balaban J connectivity index is 1.41. The summed E-state index contributed by atoms with van der Waals surface area (Å²) in [5.41, 5.74) is 2.61. The summed E-state index contributed by atoms with van der Waals surface area (Å²) < 4.78 is 18.7. The Morgan fingerprint density at radius 1 is 1.02 bits per heavy atom. The van der Waals surface area contributed by atoms with Crippen molar-refractivity contribution in [2.45, 2.75) is 81.9 Å². The number of methoxy groups -OCH3 is 1. The second kappa shape index (κ2) is 17.8. The molecule has 3 heterocycles. The Kier molecular flexibility index (Phi) is 12.9. The third kappa shape index (κ3) is 7.80. The summed E-state index contributed by atoms with van der Waals surface area (Å²) in [5, 5.41) is 14.0. The Labute approximate surface area is 329 Å². The number of rotatable bonds is 18. The zero-order valence-electron chi connectivity index (χ0n) is 32.5. The highest BCUT2D eigenvalue weighted by Gasteiger charge is 2.76. The first-order chi connectivity index (χ1) is 27.1. The first kappa shape index (κ1) is 40.6. The van der Waals surface area contributed by atoms with Crippen LogP contribution in [0.4, 0.5) is 5.69 Å². The van der Waals surface area contributed by atoms with E-state index in [-0.39, 0.29) is 37.8 Å². The molecule has 3 aromatic carbocycles. The molecule has 3 fully saturated rings. The van der Waals surface area contributed by atoms with Gasteiger partial charge >= 0.3 is 5.97 Å². The predicted octanol–water partition coefficient (Wildman–Crippen LogP) is 5.18. The van der Waals surface area contributed by atoms with Crippen molar-refractivity contribution in [2.75, 3.05) is 31.8 Å². The zero-order chi connectivity index (χ0) is 40.0. The fraction of sp³-hybridized carbons (Fsp3) is 0.422. The molecule has 3 aromatic rings. The van der Waals surface area contributed by atoms with Crippen LogP contribution in [-0.2, 0) is 39.8 Å². The fourth-order valence-electron chi connectivity index (χ4n) is 9.09. The molecule has 3 aliphatic rings. The largest absolute Gasteiger partial charge is 0.455 e. The van der Waals surface area contributed by atoms with E-state index in [4.69, 9.17) is 14.2 Å². The van der Waals surface area contributed by atoms with E-state index < -0.39 is 66.3 Å². The van der Waals surface area contributed by atoms with Crippen molar-refractivity contribution in [3.05, 3.63) is 126 Å². The molecule has 0 aliphatic carbocycles. The quantitative estimate of drug-likeness (QED) is 0.134. The molecule has 0 saturated carbocycles. The van der Waals surface area contributed by atoms with E-state index in [1.54, 1.807) is 17.1 Å². The van der Waals surface area contributed by atoms with Gasteiger partial charge in [-0.15, -0.1) is 13.2 Å². The van der Waals surface area contributed by atoms with Crippen molar-refractivity contribution in [3.63, 3.8) is 0 Å². The average Bonchev–Trinajstić information content (AvgIpc) is 3.85. The zero-order valence-corrected chi connectivity index (χ0v) is 32.5. The van der Waals surface area contributed by atoms with Gasteiger partial charge in [0.25, 0.3) is 5.91 Å². The number of carbonyl (C=O) groups is 4. The lowest BCUT2D eigenvalue weighted by molar-refractivity contribution is -0.163. The molecule has 296 valence electrons. The van der Waals surface area contributed by atoms with E-state index in [0.717, 1.165) is 16.7 Å². The third-order valence-corrected chi connectivity index (χ3v) is 11.5. The molecule has 11 nitrogen and oxygen atoms in total. The number of hydrogen-bond donors (Lipinski definition) is 2. The molecule has 11 heteroatoms. The van der Waals surface area contributed by atoms with Gasteiger partial charge in [0.1, 0.15) is 17.7 Å². The molecular weight excluding hydrogens is 711 g/mol. The summed E-state index contributed by atoms with van der Waals surface area (Å²) >= 11 is 0. The van der Waals surface area contributed by atoms with Crippen LogP contribution in [0.5, 0.6) is 0 Å². The molecule has 1 spiro atoms. The minimum Gasteiger partial charge on any atom is -0.455 e. The van der Waals surface area contributed by atoms with Gasteiger partial charge in [-0.3, -0.25) is 19.2 Å². The van der Waals surface area contributed by atoms with Crippen LogP contribution in [0.2, 0.25) is 0 Å². The van der Waals surface area contributed by atoms with Gasteiger partial charge in [-0.05, 0) is 61.8 Å². The fourth-order valence-corrected chi connectivity index (χ4v) is 9.09. The Morgan fingerprint density at radius 2 is 1.70 bits per heavy atom. The molecule has 0 unspecified atom stereocenters. The first-order valence-corrected chi connectivity index (χ1v) is 19.4.